The van der Waals surface area contributed by atoms with E-state index in [4.69, 9.17) is 0 Å². The second-order valence-electron chi connectivity index (χ2n) is 7.08. The van der Waals surface area contributed by atoms with Gasteiger partial charge in [0.1, 0.15) is 5.82 Å². The first-order valence-corrected chi connectivity index (χ1v) is 9.84. The largest absolute Gasteiger partial charge is 0.348 e. The van der Waals surface area contributed by atoms with Crippen LogP contribution in [0.4, 0.5) is 4.39 Å². The number of nitrogens with one attached hydrogen (secondary N) is 1. The van der Waals surface area contributed by atoms with Crippen LogP contribution in [0.15, 0.2) is 46.9 Å². The van der Waals surface area contributed by atoms with Crippen LogP contribution in [0.3, 0.4) is 0 Å². The molecule has 0 bridgehead atoms. The molecule has 1 heterocycles. The Morgan fingerprint density at radius 3 is 2.50 bits per heavy atom. The van der Waals surface area contributed by atoms with Gasteiger partial charge in [0.05, 0.1) is 5.56 Å². The van der Waals surface area contributed by atoms with Crippen molar-refractivity contribution < 1.29 is 9.18 Å². The number of carbonyl (C=O) groups is 1. The third kappa shape index (κ3) is 5.15. The molecular weight excluding hydrogens is 395 g/mol. The first-order valence-electron chi connectivity index (χ1n) is 9.04. The summed E-state index contributed by atoms with van der Waals surface area (Å²) in [5, 5.41) is 2.84. The van der Waals surface area contributed by atoms with Gasteiger partial charge >= 0.3 is 0 Å². The lowest BCUT2D eigenvalue weighted by atomic mass is 9.99. The lowest BCUT2D eigenvalue weighted by Gasteiger charge is -2.30. The predicted molar refractivity (Wildman–Crippen MR) is 105 cm³/mol. The minimum Gasteiger partial charge on any atom is -0.348 e. The van der Waals surface area contributed by atoms with E-state index < -0.39 is 5.82 Å². The molecule has 3 rings (SSSR count). The van der Waals surface area contributed by atoms with E-state index in [2.05, 4.69) is 45.2 Å². The maximum atomic E-state index is 13.3. The molecule has 1 aliphatic heterocycles. The highest BCUT2D eigenvalue weighted by atomic mass is 79.9. The summed E-state index contributed by atoms with van der Waals surface area (Å²) < 4.78 is 13.9. The number of hydrogen-bond acceptors (Lipinski definition) is 2. The second kappa shape index (κ2) is 8.78. The third-order valence-electron chi connectivity index (χ3n) is 4.93. The van der Waals surface area contributed by atoms with Crippen LogP contribution in [-0.2, 0) is 13.1 Å². The molecule has 1 saturated heterocycles. The Morgan fingerprint density at radius 2 is 1.81 bits per heavy atom. The molecule has 0 atom stereocenters. The molecule has 0 radical (unpaired) electrons. The normalized spacial score (nSPS) is 15.8. The van der Waals surface area contributed by atoms with Crippen molar-refractivity contribution in [2.45, 2.75) is 32.9 Å². The molecule has 5 heteroatoms. The van der Waals surface area contributed by atoms with Crippen LogP contribution in [0.1, 0.15) is 41.3 Å². The smallest absolute Gasteiger partial charge is 0.252 e. The Kier molecular flexibility index (Phi) is 6.43. The molecule has 0 unspecified atom stereocenters. The number of hydrogen-bond donors (Lipinski definition) is 1. The second-order valence-corrected chi connectivity index (χ2v) is 7.94. The van der Waals surface area contributed by atoms with Crippen LogP contribution in [-0.4, -0.2) is 23.9 Å². The summed E-state index contributed by atoms with van der Waals surface area (Å²) in [5.74, 6) is 0.132. The lowest BCUT2D eigenvalue weighted by molar-refractivity contribution is 0.0949. The number of likely N-dealkylation sites (tertiary alicyclic amines) is 1. The van der Waals surface area contributed by atoms with Gasteiger partial charge in [-0.2, -0.15) is 0 Å². The third-order valence-corrected chi connectivity index (χ3v) is 5.62. The quantitative estimate of drug-likeness (QED) is 0.759. The van der Waals surface area contributed by atoms with Crippen LogP contribution in [0.2, 0.25) is 0 Å². The number of piperidine rings is 1. The number of rotatable bonds is 5. The Morgan fingerprint density at radius 1 is 1.15 bits per heavy atom. The molecule has 3 nitrogen and oxygen atoms in total. The van der Waals surface area contributed by atoms with E-state index in [1.165, 1.54) is 43.6 Å². The van der Waals surface area contributed by atoms with Gasteiger partial charge < -0.3 is 5.32 Å². The van der Waals surface area contributed by atoms with Crippen LogP contribution in [0.5, 0.6) is 0 Å². The van der Waals surface area contributed by atoms with Gasteiger partial charge in [-0.15, -0.1) is 0 Å². The average Bonchev–Trinajstić information content (AvgIpc) is 2.65. The van der Waals surface area contributed by atoms with Crippen molar-refractivity contribution in [2.75, 3.05) is 13.1 Å². The molecule has 1 N–H and O–H groups in total. The zero-order chi connectivity index (χ0) is 18.5. The lowest BCUT2D eigenvalue weighted by Crippen LogP contribution is -2.32. The summed E-state index contributed by atoms with van der Waals surface area (Å²) in [7, 11) is 0. The number of benzene rings is 2. The van der Waals surface area contributed by atoms with Gasteiger partial charge in [0.15, 0.2) is 0 Å². The van der Waals surface area contributed by atoms with Crippen LogP contribution in [0, 0.1) is 11.7 Å². The van der Waals surface area contributed by atoms with Crippen molar-refractivity contribution in [1.29, 1.82) is 0 Å². The van der Waals surface area contributed by atoms with Crippen molar-refractivity contribution in [1.82, 2.24) is 10.2 Å². The van der Waals surface area contributed by atoms with Crippen molar-refractivity contribution in [3.63, 3.8) is 0 Å². The van der Waals surface area contributed by atoms with Crippen LogP contribution < -0.4 is 5.32 Å². The number of nitrogens with zero attached hydrogens (tertiary/aromatic N) is 1. The SMILES string of the molecule is CC1CCN(Cc2ccc(CNC(=O)c3cc(F)ccc3Br)cc2)CC1. The fraction of sp³-hybridized carbons (Fsp3) is 0.381. The van der Waals surface area contributed by atoms with E-state index in [9.17, 15) is 9.18 Å². The summed E-state index contributed by atoms with van der Waals surface area (Å²) in [6.07, 6.45) is 2.56. The molecule has 1 fully saturated rings. The van der Waals surface area contributed by atoms with E-state index in [1.807, 2.05) is 12.1 Å². The molecule has 2 aromatic carbocycles. The van der Waals surface area contributed by atoms with Gasteiger partial charge in [-0.1, -0.05) is 31.2 Å². The zero-order valence-corrected chi connectivity index (χ0v) is 16.6. The first-order chi connectivity index (χ1) is 12.5. The number of halogens is 2. The van der Waals surface area contributed by atoms with E-state index >= 15 is 0 Å². The molecule has 2 aromatic rings. The van der Waals surface area contributed by atoms with E-state index in [1.54, 1.807) is 6.07 Å². The van der Waals surface area contributed by atoms with Crippen molar-refractivity contribution in [2.24, 2.45) is 5.92 Å². The molecule has 0 saturated carbocycles. The maximum Gasteiger partial charge on any atom is 0.252 e. The number of carbonyl (C=O) groups excluding carboxylic acids is 1. The van der Waals surface area contributed by atoms with Crippen molar-refractivity contribution >= 4 is 21.8 Å². The average molecular weight is 419 g/mol. The summed E-state index contributed by atoms with van der Waals surface area (Å²) in [6.45, 7) is 6.06. The molecule has 1 aliphatic rings. The maximum absolute atomic E-state index is 13.3. The van der Waals surface area contributed by atoms with E-state index in [0.717, 1.165) is 18.0 Å². The van der Waals surface area contributed by atoms with Gasteiger partial charge in [0, 0.05) is 17.6 Å². The molecule has 0 aromatic heterocycles. The minimum atomic E-state index is -0.421. The molecule has 138 valence electrons. The van der Waals surface area contributed by atoms with Crippen molar-refractivity contribution in [3.8, 4) is 0 Å². The summed E-state index contributed by atoms with van der Waals surface area (Å²) in [5.41, 5.74) is 2.63. The van der Waals surface area contributed by atoms with Gasteiger partial charge in [0.2, 0.25) is 0 Å². The predicted octanol–water partition coefficient (Wildman–Crippen LogP) is 4.75. The Hall–Kier alpha value is -1.72. The minimum absolute atomic E-state index is 0.289. The molecule has 26 heavy (non-hydrogen) atoms. The molecule has 0 spiro atoms. The Balaban J connectivity index is 1.52. The topological polar surface area (TPSA) is 32.3 Å². The summed E-state index contributed by atoms with van der Waals surface area (Å²) in [6, 6.07) is 12.4. The highest BCUT2D eigenvalue weighted by Crippen LogP contribution is 2.19. The fourth-order valence-electron chi connectivity index (χ4n) is 3.19. The monoisotopic (exact) mass is 418 g/mol. The highest BCUT2D eigenvalue weighted by molar-refractivity contribution is 9.10. The number of amides is 1. The standard InChI is InChI=1S/C21H24BrFN2O/c1-15-8-10-25(11-9-15)14-17-4-2-16(3-5-17)13-24-21(26)19-12-18(23)6-7-20(19)22/h2-7,12,15H,8-11,13-14H2,1H3,(H,24,26). The Labute approximate surface area is 162 Å². The fourth-order valence-corrected chi connectivity index (χ4v) is 3.62. The van der Waals surface area contributed by atoms with Gasteiger partial charge in [-0.05, 0) is 77.1 Å². The van der Waals surface area contributed by atoms with Crippen LogP contribution in [0.25, 0.3) is 0 Å². The summed E-state index contributed by atoms with van der Waals surface area (Å²) >= 11 is 3.29. The van der Waals surface area contributed by atoms with Crippen molar-refractivity contribution in [3.05, 3.63) is 69.4 Å². The molecule has 0 aliphatic carbocycles. The molecular formula is C21H24BrFN2O. The Bertz CT molecular complexity index is 755. The van der Waals surface area contributed by atoms with Gasteiger partial charge in [0.25, 0.3) is 5.91 Å². The zero-order valence-electron chi connectivity index (χ0n) is 15.0. The summed E-state index contributed by atoms with van der Waals surface area (Å²) in [4.78, 5) is 14.7. The van der Waals surface area contributed by atoms with E-state index in [0.29, 0.717) is 16.6 Å². The van der Waals surface area contributed by atoms with Gasteiger partial charge in [-0.3, -0.25) is 9.69 Å². The molecule has 1 amide bonds. The van der Waals surface area contributed by atoms with Crippen LogP contribution >= 0.6 is 15.9 Å². The highest BCUT2D eigenvalue weighted by Gasteiger charge is 2.15. The van der Waals surface area contributed by atoms with E-state index in [-0.39, 0.29) is 5.91 Å². The van der Waals surface area contributed by atoms with Gasteiger partial charge in [-0.25, -0.2) is 4.39 Å². The first kappa shape index (κ1) is 19.1.